The van der Waals surface area contributed by atoms with E-state index in [0.29, 0.717) is 12.3 Å². The van der Waals surface area contributed by atoms with Crippen LogP contribution >= 0.6 is 0 Å². The molecule has 1 aromatic carbocycles. The van der Waals surface area contributed by atoms with Crippen LogP contribution in [0.15, 0.2) is 24.3 Å². The summed E-state index contributed by atoms with van der Waals surface area (Å²) in [4.78, 5) is 0. The summed E-state index contributed by atoms with van der Waals surface area (Å²) in [5.74, 6) is 0.365. The van der Waals surface area contributed by atoms with Crippen LogP contribution in [0, 0.1) is 5.41 Å². The van der Waals surface area contributed by atoms with Crippen LogP contribution in [0.25, 0.3) is 0 Å². The first-order valence-electron chi connectivity index (χ1n) is 7.43. The zero-order valence-corrected chi connectivity index (χ0v) is 13.0. The molecule has 1 saturated heterocycles. The summed E-state index contributed by atoms with van der Waals surface area (Å²) in [5, 5.41) is 3.36. The lowest BCUT2D eigenvalue weighted by molar-refractivity contribution is 0.269. The highest BCUT2D eigenvalue weighted by Crippen LogP contribution is 2.45. The van der Waals surface area contributed by atoms with Crippen molar-refractivity contribution >= 4 is 9.84 Å². The summed E-state index contributed by atoms with van der Waals surface area (Å²) in [6.07, 6.45) is 2.68. The zero-order chi connectivity index (χ0) is 14.4. The van der Waals surface area contributed by atoms with Crippen molar-refractivity contribution in [2.75, 3.05) is 12.3 Å². The van der Waals surface area contributed by atoms with Crippen LogP contribution in [-0.4, -0.2) is 26.0 Å². The van der Waals surface area contributed by atoms with Crippen molar-refractivity contribution in [3.63, 3.8) is 0 Å². The molecule has 0 aromatic heterocycles. The Morgan fingerprint density at radius 3 is 2.75 bits per heavy atom. The molecule has 0 spiro atoms. The lowest BCUT2D eigenvalue weighted by atomic mass is 9.85. The molecular weight excluding hydrogens is 270 g/mol. The van der Waals surface area contributed by atoms with Gasteiger partial charge in [0, 0.05) is 12.6 Å². The van der Waals surface area contributed by atoms with Crippen LogP contribution < -0.4 is 5.32 Å². The molecule has 1 N–H and O–H groups in total. The monoisotopic (exact) mass is 293 g/mol. The molecule has 1 aliphatic carbocycles. The first kappa shape index (κ1) is 14.1. The Balaban J connectivity index is 1.77. The van der Waals surface area contributed by atoms with Gasteiger partial charge in [0.15, 0.2) is 9.84 Å². The molecule has 110 valence electrons. The van der Waals surface area contributed by atoms with E-state index < -0.39 is 9.84 Å². The molecule has 3 nitrogen and oxygen atoms in total. The second-order valence-electron chi connectivity index (χ2n) is 6.84. The molecule has 1 fully saturated rings. The maximum Gasteiger partial charge on any atom is 0.154 e. The zero-order valence-electron chi connectivity index (χ0n) is 12.2. The number of hydrogen-bond donors (Lipinski definition) is 1. The van der Waals surface area contributed by atoms with Gasteiger partial charge < -0.3 is 5.32 Å². The molecule has 0 saturated carbocycles. The number of rotatable bonds is 3. The van der Waals surface area contributed by atoms with Gasteiger partial charge in [-0.1, -0.05) is 38.1 Å². The number of sulfone groups is 1. The lowest BCUT2D eigenvalue weighted by Gasteiger charge is -2.29. The van der Waals surface area contributed by atoms with Gasteiger partial charge in [0.2, 0.25) is 0 Å². The third-order valence-electron chi connectivity index (χ3n) is 4.81. The molecule has 2 atom stereocenters. The Morgan fingerprint density at radius 2 is 2.05 bits per heavy atom. The number of benzene rings is 1. The predicted molar refractivity (Wildman–Crippen MR) is 81.5 cm³/mol. The summed E-state index contributed by atoms with van der Waals surface area (Å²) < 4.78 is 23.9. The molecule has 0 bridgehead atoms. The van der Waals surface area contributed by atoms with Gasteiger partial charge in [-0.15, -0.1) is 0 Å². The van der Waals surface area contributed by atoms with Crippen molar-refractivity contribution < 1.29 is 8.42 Å². The third kappa shape index (κ3) is 2.40. The van der Waals surface area contributed by atoms with Crippen LogP contribution in [0.5, 0.6) is 0 Å². The molecule has 1 aromatic rings. The van der Waals surface area contributed by atoms with Gasteiger partial charge >= 0.3 is 0 Å². The standard InChI is InChI=1S/C16H23NO2S/c1-16(2)10-12-6-3-4-8-14(12)15(16)17-11-13-7-5-9-20(13,18)19/h3-4,6,8,13,15,17H,5,7,9-11H2,1-2H3. The Morgan fingerprint density at radius 1 is 1.30 bits per heavy atom. The van der Waals surface area contributed by atoms with E-state index in [1.807, 2.05) is 0 Å². The topological polar surface area (TPSA) is 46.2 Å². The third-order valence-corrected chi connectivity index (χ3v) is 7.08. The van der Waals surface area contributed by atoms with E-state index in [2.05, 4.69) is 43.4 Å². The number of nitrogens with one attached hydrogen (secondary N) is 1. The normalized spacial score (nSPS) is 30.3. The van der Waals surface area contributed by atoms with Crippen LogP contribution in [0.2, 0.25) is 0 Å². The average molecular weight is 293 g/mol. The molecule has 0 radical (unpaired) electrons. The van der Waals surface area contributed by atoms with Crippen LogP contribution in [0.4, 0.5) is 0 Å². The minimum Gasteiger partial charge on any atom is -0.308 e. The molecule has 20 heavy (non-hydrogen) atoms. The van der Waals surface area contributed by atoms with Crippen molar-refractivity contribution in [1.82, 2.24) is 5.32 Å². The molecule has 2 unspecified atom stereocenters. The van der Waals surface area contributed by atoms with Crippen LogP contribution in [0.1, 0.15) is 43.9 Å². The molecule has 2 aliphatic rings. The summed E-state index contributed by atoms with van der Waals surface area (Å²) in [7, 11) is -2.86. The molecule has 0 amide bonds. The fourth-order valence-electron chi connectivity index (χ4n) is 3.71. The fraction of sp³-hybridized carbons (Fsp3) is 0.625. The highest BCUT2D eigenvalue weighted by Gasteiger charge is 2.40. The summed E-state index contributed by atoms with van der Waals surface area (Å²) in [6.45, 7) is 5.10. The Hall–Kier alpha value is -0.870. The maximum atomic E-state index is 11.9. The lowest BCUT2D eigenvalue weighted by Crippen LogP contribution is -2.37. The van der Waals surface area contributed by atoms with Gasteiger partial charge in [0.1, 0.15) is 0 Å². The van der Waals surface area contributed by atoms with Gasteiger partial charge in [0.05, 0.1) is 11.0 Å². The number of hydrogen-bond acceptors (Lipinski definition) is 3. The van der Waals surface area contributed by atoms with E-state index in [0.717, 1.165) is 19.3 Å². The van der Waals surface area contributed by atoms with E-state index in [1.54, 1.807) is 0 Å². The fourth-order valence-corrected chi connectivity index (χ4v) is 5.49. The van der Waals surface area contributed by atoms with E-state index >= 15 is 0 Å². The largest absolute Gasteiger partial charge is 0.308 e. The van der Waals surface area contributed by atoms with E-state index in [1.165, 1.54) is 11.1 Å². The quantitative estimate of drug-likeness (QED) is 0.931. The SMILES string of the molecule is CC1(C)Cc2ccccc2C1NCC1CCCS1(=O)=O. The second-order valence-corrected chi connectivity index (χ2v) is 9.24. The van der Waals surface area contributed by atoms with E-state index in [9.17, 15) is 8.42 Å². The highest BCUT2D eigenvalue weighted by atomic mass is 32.2. The Kier molecular flexibility index (Phi) is 3.41. The van der Waals surface area contributed by atoms with E-state index in [-0.39, 0.29) is 16.7 Å². The van der Waals surface area contributed by atoms with Gasteiger partial charge in [-0.3, -0.25) is 0 Å². The Labute approximate surface area is 121 Å². The minimum atomic E-state index is -2.86. The summed E-state index contributed by atoms with van der Waals surface area (Å²) in [5.41, 5.74) is 2.88. The first-order chi connectivity index (χ1) is 9.40. The van der Waals surface area contributed by atoms with Gasteiger partial charge in [0.25, 0.3) is 0 Å². The van der Waals surface area contributed by atoms with E-state index in [4.69, 9.17) is 0 Å². The summed E-state index contributed by atoms with van der Waals surface area (Å²) in [6, 6.07) is 8.77. The summed E-state index contributed by atoms with van der Waals surface area (Å²) >= 11 is 0. The predicted octanol–water partition coefficient (Wildman–Crippen LogP) is 2.48. The van der Waals surface area contributed by atoms with Crippen molar-refractivity contribution in [1.29, 1.82) is 0 Å². The minimum absolute atomic E-state index is 0.145. The second kappa shape index (κ2) is 4.85. The van der Waals surface area contributed by atoms with Crippen molar-refractivity contribution in [2.45, 2.75) is 44.4 Å². The molecule has 1 heterocycles. The first-order valence-corrected chi connectivity index (χ1v) is 9.14. The maximum absolute atomic E-state index is 11.9. The smallest absolute Gasteiger partial charge is 0.154 e. The molecular formula is C16H23NO2S. The molecule has 4 heteroatoms. The van der Waals surface area contributed by atoms with Crippen LogP contribution in [-0.2, 0) is 16.3 Å². The van der Waals surface area contributed by atoms with Crippen LogP contribution in [0.3, 0.4) is 0 Å². The van der Waals surface area contributed by atoms with Crippen molar-refractivity contribution in [2.24, 2.45) is 5.41 Å². The highest BCUT2D eigenvalue weighted by molar-refractivity contribution is 7.92. The average Bonchev–Trinajstić information content (AvgIpc) is 2.82. The van der Waals surface area contributed by atoms with Crippen molar-refractivity contribution in [3.8, 4) is 0 Å². The van der Waals surface area contributed by atoms with Gasteiger partial charge in [-0.05, 0) is 35.8 Å². The molecule has 3 rings (SSSR count). The van der Waals surface area contributed by atoms with Gasteiger partial charge in [-0.25, -0.2) is 8.42 Å². The number of fused-ring (bicyclic) bond motifs is 1. The molecule has 1 aliphatic heterocycles. The van der Waals surface area contributed by atoms with Gasteiger partial charge in [-0.2, -0.15) is 0 Å². The Bertz CT molecular complexity index is 607. The van der Waals surface area contributed by atoms with Crippen molar-refractivity contribution in [3.05, 3.63) is 35.4 Å².